The highest BCUT2D eigenvalue weighted by Crippen LogP contribution is 2.19. The van der Waals surface area contributed by atoms with Crippen LogP contribution in [-0.4, -0.2) is 31.0 Å². The number of pyridine rings is 2. The third-order valence-electron chi connectivity index (χ3n) is 2.69. The first-order chi connectivity index (χ1) is 10.9. The quantitative estimate of drug-likeness (QED) is 0.546. The van der Waals surface area contributed by atoms with Crippen molar-refractivity contribution < 1.29 is 9.90 Å². The summed E-state index contributed by atoms with van der Waals surface area (Å²) in [6, 6.07) is 2.87. The van der Waals surface area contributed by atoms with E-state index >= 15 is 0 Å². The number of hydrogen-bond donors (Lipinski definition) is 3. The van der Waals surface area contributed by atoms with E-state index in [1.54, 1.807) is 6.07 Å². The molecule has 0 aromatic carbocycles. The topological polar surface area (TPSA) is 135 Å². The summed E-state index contributed by atoms with van der Waals surface area (Å²) in [5.41, 5.74) is 5.52. The zero-order valence-electron chi connectivity index (χ0n) is 11.3. The van der Waals surface area contributed by atoms with Crippen LogP contribution in [0.1, 0.15) is 25.2 Å². The molecular weight excluding hydrogens is 369 g/mol. The van der Waals surface area contributed by atoms with E-state index in [1.165, 1.54) is 24.8 Å². The Morgan fingerprint density at radius 2 is 1.68 bits per heavy atom. The number of nitrogens with one attached hydrogen (secondary N) is 1. The first kappa shape index (κ1) is 22.3. The molecule has 10 heteroatoms. The lowest BCUT2D eigenvalue weighted by atomic mass is 10.2. The summed E-state index contributed by atoms with van der Waals surface area (Å²) >= 11 is 11.2. The average molecular weight is 386 g/mol. The average Bonchev–Trinajstić information content (AvgIpc) is 2.52. The lowest BCUT2D eigenvalue weighted by molar-refractivity contribution is 0.0698. The van der Waals surface area contributed by atoms with Crippen molar-refractivity contribution in [3.8, 4) is 0 Å². The van der Waals surface area contributed by atoms with Gasteiger partial charge >= 0.3 is 5.97 Å². The summed E-state index contributed by atoms with van der Waals surface area (Å²) in [4.78, 5) is 35.3. The lowest BCUT2D eigenvalue weighted by Gasteiger charge is -1.99. The van der Waals surface area contributed by atoms with Gasteiger partial charge in [-0.2, -0.15) is 0 Å². The number of H-pyrrole nitrogens is 1. The van der Waals surface area contributed by atoms with Gasteiger partial charge in [0.2, 0.25) is 0 Å². The van der Waals surface area contributed by atoms with Crippen molar-refractivity contribution in [3.63, 3.8) is 0 Å². The van der Waals surface area contributed by atoms with Gasteiger partial charge in [-0.1, -0.05) is 38.1 Å². The van der Waals surface area contributed by atoms with Crippen molar-refractivity contribution in [1.29, 1.82) is 0 Å². The zero-order chi connectivity index (χ0) is 17.0. The molecule has 3 rings (SSSR count). The van der Waals surface area contributed by atoms with Crippen molar-refractivity contribution >= 4 is 45.8 Å². The maximum atomic E-state index is 11.1. The van der Waals surface area contributed by atoms with Gasteiger partial charge in [-0.05, 0) is 12.1 Å². The van der Waals surface area contributed by atoms with Crippen LogP contribution in [0.5, 0.6) is 0 Å². The summed E-state index contributed by atoms with van der Waals surface area (Å²) in [6.45, 7) is 0. The van der Waals surface area contributed by atoms with Crippen molar-refractivity contribution in [2.75, 3.05) is 5.73 Å². The number of carboxylic acid groups (broad SMARTS) is 1. The molecule has 134 valence electrons. The summed E-state index contributed by atoms with van der Waals surface area (Å²) in [5, 5.41) is 9.25. The van der Waals surface area contributed by atoms with Gasteiger partial charge in [-0.3, -0.25) is 4.79 Å². The molecule has 0 unspecified atom stereocenters. The number of aromatic amines is 1. The number of carboxylic acids is 1. The van der Waals surface area contributed by atoms with Crippen LogP contribution in [0, 0.1) is 0 Å². The van der Waals surface area contributed by atoms with Gasteiger partial charge in [0.25, 0.3) is 5.56 Å². The number of aromatic carboxylic acids is 1. The van der Waals surface area contributed by atoms with Crippen molar-refractivity contribution in [2.24, 2.45) is 0 Å². The molecule has 0 aliphatic rings. The molecule has 0 atom stereocenters. The monoisotopic (exact) mass is 385 g/mol. The number of carbonyl (C=O) groups is 1. The molecule has 25 heavy (non-hydrogen) atoms. The summed E-state index contributed by atoms with van der Waals surface area (Å²) in [5.74, 6) is -1.10. The van der Waals surface area contributed by atoms with Gasteiger partial charge in [-0.25, -0.2) is 19.7 Å². The Labute approximate surface area is 153 Å². The number of anilines is 1. The van der Waals surface area contributed by atoms with Gasteiger partial charge in [-0.15, -0.1) is 0 Å². The Balaban J connectivity index is 0.000000429. The molecule has 8 nitrogen and oxygen atoms in total. The predicted molar refractivity (Wildman–Crippen MR) is 99.2 cm³/mol. The van der Waals surface area contributed by atoms with Crippen LogP contribution in [-0.2, 0) is 0 Å². The fraction of sp³-hybridized carbons (Fsp3) is 0.133. The molecule has 0 spiro atoms. The number of halogens is 2. The van der Waals surface area contributed by atoms with E-state index in [4.69, 9.17) is 34.0 Å². The Bertz CT molecular complexity index is 930. The Morgan fingerprint density at radius 1 is 1.08 bits per heavy atom. The molecule has 0 amide bonds. The Kier molecular flexibility index (Phi) is 8.52. The fourth-order valence-corrected chi connectivity index (χ4v) is 1.97. The molecule has 4 N–H and O–H groups in total. The zero-order valence-corrected chi connectivity index (χ0v) is 12.8. The molecule has 0 aliphatic heterocycles. The molecule has 0 aliphatic carbocycles. The maximum absolute atomic E-state index is 11.1. The molecular formula is C15H17Cl2N5O3. The smallest absolute Gasteiger partial charge is 0.337 e. The van der Waals surface area contributed by atoms with Crippen molar-refractivity contribution in [2.45, 2.75) is 14.9 Å². The molecule has 0 saturated carbocycles. The third-order valence-corrected chi connectivity index (χ3v) is 3.26. The second-order valence-electron chi connectivity index (χ2n) is 4.10. The van der Waals surface area contributed by atoms with E-state index in [9.17, 15) is 9.59 Å². The number of hydrogen-bond acceptors (Lipinski definition) is 6. The SMILES string of the molecule is C.C.Nc1c(C(=O)O)ccnc1Cl.O=c1[nH]cnc2c(Cl)nccc12. The number of nitrogens with two attached hydrogens (primary N) is 1. The van der Waals surface area contributed by atoms with E-state index in [0.29, 0.717) is 10.9 Å². The van der Waals surface area contributed by atoms with E-state index in [-0.39, 0.29) is 42.0 Å². The van der Waals surface area contributed by atoms with Gasteiger partial charge in [0, 0.05) is 12.4 Å². The second-order valence-corrected chi connectivity index (χ2v) is 4.81. The van der Waals surface area contributed by atoms with Gasteiger partial charge in [0.15, 0.2) is 10.3 Å². The number of rotatable bonds is 1. The minimum absolute atomic E-state index is 0. The summed E-state index contributed by atoms with van der Waals surface area (Å²) < 4.78 is 0. The number of aromatic nitrogens is 4. The lowest BCUT2D eigenvalue weighted by Crippen LogP contribution is -2.06. The molecule has 0 fully saturated rings. The van der Waals surface area contributed by atoms with Crippen LogP contribution in [0.4, 0.5) is 5.69 Å². The first-order valence-electron chi connectivity index (χ1n) is 6.03. The largest absolute Gasteiger partial charge is 0.478 e. The summed E-state index contributed by atoms with van der Waals surface area (Å²) in [6.07, 6.45) is 4.07. The summed E-state index contributed by atoms with van der Waals surface area (Å²) in [7, 11) is 0. The normalized spacial score (nSPS) is 9.20. The third kappa shape index (κ3) is 5.13. The molecule has 3 aromatic rings. The van der Waals surface area contributed by atoms with Gasteiger partial charge in [0.05, 0.1) is 23.0 Å². The second kappa shape index (κ2) is 9.55. The molecule has 3 aromatic heterocycles. The van der Waals surface area contributed by atoms with Crippen LogP contribution in [0.2, 0.25) is 10.3 Å². The van der Waals surface area contributed by atoms with E-state index < -0.39 is 5.97 Å². The van der Waals surface area contributed by atoms with Crippen LogP contribution in [0.25, 0.3) is 10.9 Å². The highest BCUT2D eigenvalue weighted by molar-refractivity contribution is 6.33. The molecule has 3 heterocycles. The van der Waals surface area contributed by atoms with E-state index in [0.717, 1.165) is 0 Å². The Morgan fingerprint density at radius 3 is 2.24 bits per heavy atom. The molecule has 0 radical (unpaired) electrons. The standard InChI is InChI=1S/C7H4ClN3O.C6H5ClN2O2.2CH4/c8-6-5-4(1-2-9-6)7(12)11-3-10-5;7-5-4(8)3(6(10)11)1-2-9-5;;/h1-3H,(H,10,11,12);1-2H,8H2,(H,10,11);2*1H4. The fourth-order valence-electron chi connectivity index (χ4n) is 1.60. The molecule has 0 bridgehead atoms. The molecule has 0 saturated heterocycles. The minimum Gasteiger partial charge on any atom is -0.478 e. The first-order valence-corrected chi connectivity index (χ1v) is 6.78. The van der Waals surface area contributed by atoms with Crippen LogP contribution >= 0.6 is 23.2 Å². The van der Waals surface area contributed by atoms with Gasteiger partial charge < -0.3 is 15.8 Å². The van der Waals surface area contributed by atoms with Crippen molar-refractivity contribution in [1.82, 2.24) is 19.9 Å². The maximum Gasteiger partial charge on any atom is 0.337 e. The van der Waals surface area contributed by atoms with E-state index in [1.807, 2.05) is 0 Å². The van der Waals surface area contributed by atoms with Gasteiger partial charge in [0.1, 0.15) is 5.52 Å². The highest BCUT2D eigenvalue weighted by Gasteiger charge is 2.09. The van der Waals surface area contributed by atoms with Crippen LogP contribution in [0.15, 0.2) is 35.6 Å². The number of nitrogens with zero attached hydrogens (tertiary/aromatic N) is 3. The highest BCUT2D eigenvalue weighted by atomic mass is 35.5. The number of nitrogen functional groups attached to an aromatic ring is 1. The number of fused-ring (bicyclic) bond motifs is 1. The van der Waals surface area contributed by atoms with Crippen molar-refractivity contribution in [3.05, 3.63) is 57.1 Å². The minimum atomic E-state index is -1.10. The Hall–Kier alpha value is -2.71. The van der Waals surface area contributed by atoms with E-state index in [2.05, 4.69) is 19.9 Å². The predicted octanol–water partition coefficient (Wildman–Crippen LogP) is 3.26. The van der Waals surface area contributed by atoms with Crippen LogP contribution < -0.4 is 11.3 Å². The van der Waals surface area contributed by atoms with Crippen LogP contribution in [0.3, 0.4) is 0 Å².